The van der Waals surface area contributed by atoms with Crippen LogP contribution in [0, 0.1) is 0 Å². The smallest absolute Gasteiger partial charge is 0.257 e. The number of aromatic nitrogens is 1. The molecular formula is C24H20ClN3O4S2. The number of hydrogen-bond acceptors (Lipinski definition) is 7. The van der Waals surface area contributed by atoms with E-state index in [0.29, 0.717) is 33.5 Å². The topological polar surface area (TPSA) is 81.7 Å². The molecule has 4 aromatic rings. The number of thiocarbonyl (C=S) groups is 1. The average Bonchev–Trinajstić information content (AvgIpc) is 3.28. The van der Waals surface area contributed by atoms with Crippen LogP contribution >= 0.6 is 35.2 Å². The number of benzene rings is 3. The molecule has 0 bridgehead atoms. The van der Waals surface area contributed by atoms with Gasteiger partial charge in [-0.2, -0.15) is 0 Å². The molecule has 174 valence electrons. The molecule has 0 saturated carbocycles. The number of fused-ring (bicyclic) bond motifs is 1. The van der Waals surface area contributed by atoms with Gasteiger partial charge >= 0.3 is 0 Å². The highest BCUT2D eigenvalue weighted by Gasteiger charge is 2.18. The number of carbonyl (C=O) groups excluding carboxylic acids is 1. The van der Waals surface area contributed by atoms with Gasteiger partial charge in [-0.25, -0.2) is 4.98 Å². The molecule has 0 spiro atoms. The van der Waals surface area contributed by atoms with Crippen molar-refractivity contribution >= 4 is 62.1 Å². The number of amides is 1. The van der Waals surface area contributed by atoms with Crippen molar-refractivity contribution < 1.29 is 19.0 Å². The Morgan fingerprint density at radius 3 is 2.35 bits per heavy atom. The fourth-order valence-corrected chi connectivity index (χ4v) is 4.77. The molecule has 10 heteroatoms. The van der Waals surface area contributed by atoms with Crippen LogP contribution in [0.4, 0.5) is 5.69 Å². The summed E-state index contributed by atoms with van der Waals surface area (Å²) in [4.78, 5) is 17.5. The van der Waals surface area contributed by atoms with E-state index in [0.717, 1.165) is 20.8 Å². The van der Waals surface area contributed by atoms with Gasteiger partial charge in [0.05, 0.1) is 36.6 Å². The van der Waals surface area contributed by atoms with Crippen LogP contribution in [0.5, 0.6) is 17.2 Å². The third-order valence-electron chi connectivity index (χ3n) is 4.90. The summed E-state index contributed by atoms with van der Waals surface area (Å²) >= 11 is 13.3. The molecule has 7 nitrogen and oxygen atoms in total. The molecule has 0 aliphatic heterocycles. The van der Waals surface area contributed by atoms with Gasteiger partial charge in [-0.05, 0) is 54.7 Å². The van der Waals surface area contributed by atoms with Crippen LogP contribution in [0.3, 0.4) is 0 Å². The second-order valence-corrected chi connectivity index (χ2v) is 8.85. The van der Waals surface area contributed by atoms with Crippen molar-refractivity contribution in [3.8, 4) is 27.8 Å². The van der Waals surface area contributed by atoms with E-state index in [-0.39, 0.29) is 5.11 Å². The van der Waals surface area contributed by atoms with Crippen LogP contribution in [0.15, 0.2) is 54.6 Å². The predicted octanol–water partition coefficient (Wildman–Crippen LogP) is 5.77. The predicted molar refractivity (Wildman–Crippen MR) is 140 cm³/mol. The van der Waals surface area contributed by atoms with Crippen molar-refractivity contribution in [3.63, 3.8) is 0 Å². The van der Waals surface area contributed by atoms with Crippen molar-refractivity contribution in [1.29, 1.82) is 0 Å². The number of ether oxygens (including phenoxy) is 3. The molecule has 0 radical (unpaired) electrons. The number of halogens is 1. The van der Waals surface area contributed by atoms with Crippen molar-refractivity contribution in [2.45, 2.75) is 0 Å². The number of carbonyl (C=O) groups is 1. The summed E-state index contributed by atoms with van der Waals surface area (Å²) in [5, 5.41) is 7.17. The van der Waals surface area contributed by atoms with Gasteiger partial charge in [0.2, 0.25) is 5.75 Å². The zero-order chi connectivity index (χ0) is 24.2. The van der Waals surface area contributed by atoms with Crippen LogP contribution in [0.25, 0.3) is 20.8 Å². The molecule has 0 unspecified atom stereocenters. The molecule has 4 rings (SSSR count). The zero-order valence-electron chi connectivity index (χ0n) is 18.5. The minimum Gasteiger partial charge on any atom is -0.493 e. The maximum Gasteiger partial charge on any atom is 0.257 e. The number of rotatable bonds is 6. The summed E-state index contributed by atoms with van der Waals surface area (Å²) in [6.45, 7) is 0. The SMILES string of the molecule is COc1cc(C(=O)NC(=S)Nc2ccc(Cl)c(-c3nc4ccccc4s3)c2)cc(OC)c1OC. The maximum atomic E-state index is 12.8. The number of methoxy groups -OCH3 is 3. The van der Waals surface area contributed by atoms with E-state index in [1.807, 2.05) is 30.3 Å². The fourth-order valence-electron chi connectivity index (χ4n) is 3.30. The lowest BCUT2D eigenvalue weighted by Gasteiger charge is -2.15. The number of thiazole rings is 1. The first-order chi connectivity index (χ1) is 16.4. The lowest BCUT2D eigenvalue weighted by molar-refractivity contribution is 0.0977. The highest BCUT2D eigenvalue weighted by molar-refractivity contribution is 7.80. The van der Waals surface area contributed by atoms with Gasteiger partial charge in [0.25, 0.3) is 5.91 Å². The third-order valence-corrected chi connectivity index (χ3v) is 6.51. The van der Waals surface area contributed by atoms with Crippen LogP contribution in [-0.2, 0) is 0 Å². The minimum atomic E-state index is -0.433. The summed E-state index contributed by atoms with van der Waals surface area (Å²) in [6.07, 6.45) is 0. The Balaban J connectivity index is 1.52. The molecule has 0 aliphatic carbocycles. The first kappa shape index (κ1) is 23.7. The Bertz CT molecular complexity index is 1330. The minimum absolute atomic E-state index is 0.122. The van der Waals surface area contributed by atoms with Crippen LogP contribution in [0.1, 0.15) is 10.4 Å². The van der Waals surface area contributed by atoms with Crippen LogP contribution < -0.4 is 24.8 Å². The van der Waals surface area contributed by atoms with E-state index in [2.05, 4.69) is 15.6 Å². The summed E-state index contributed by atoms with van der Waals surface area (Å²) in [7, 11) is 4.46. The maximum absolute atomic E-state index is 12.8. The fraction of sp³-hybridized carbons (Fsp3) is 0.125. The summed E-state index contributed by atoms with van der Waals surface area (Å²) < 4.78 is 17.0. The average molecular weight is 514 g/mol. The Hall–Kier alpha value is -3.40. The number of nitrogens with zero attached hydrogens (tertiary/aromatic N) is 1. The zero-order valence-corrected chi connectivity index (χ0v) is 20.9. The van der Waals surface area contributed by atoms with Crippen LogP contribution in [0.2, 0.25) is 5.02 Å². The largest absolute Gasteiger partial charge is 0.493 e. The number of anilines is 1. The number of nitrogens with one attached hydrogen (secondary N) is 2. The molecule has 1 amide bonds. The van der Waals surface area contributed by atoms with Crippen LogP contribution in [-0.4, -0.2) is 37.3 Å². The molecule has 0 fully saturated rings. The highest BCUT2D eigenvalue weighted by atomic mass is 35.5. The number of hydrogen-bond donors (Lipinski definition) is 2. The summed E-state index contributed by atoms with van der Waals surface area (Å²) in [5.41, 5.74) is 2.63. The second kappa shape index (κ2) is 10.3. The third kappa shape index (κ3) is 4.91. The van der Waals surface area contributed by atoms with Gasteiger partial charge in [-0.1, -0.05) is 23.7 Å². The molecule has 3 aromatic carbocycles. The van der Waals surface area contributed by atoms with E-state index < -0.39 is 5.91 Å². The highest BCUT2D eigenvalue weighted by Crippen LogP contribution is 2.38. The first-order valence-corrected chi connectivity index (χ1v) is 11.6. The Kier molecular flexibility index (Phi) is 7.16. The van der Waals surface area contributed by atoms with Gasteiger partial charge in [0.1, 0.15) is 5.01 Å². The number of para-hydroxylation sites is 1. The quantitative estimate of drug-likeness (QED) is 0.317. The van der Waals surface area contributed by atoms with Gasteiger partial charge < -0.3 is 19.5 Å². The van der Waals surface area contributed by atoms with E-state index in [9.17, 15) is 4.79 Å². The first-order valence-electron chi connectivity index (χ1n) is 10.0. The molecular weight excluding hydrogens is 494 g/mol. The van der Waals surface area contributed by atoms with Crippen molar-refractivity contribution in [1.82, 2.24) is 10.3 Å². The molecule has 1 heterocycles. The van der Waals surface area contributed by atoms with Gasteiger partial charge in [-0.15, -0.1) is 11.3 Å². The Labute approximate surface area is 210 Å². The molecule has 0 aliphatic rings. The normalized spacial score (nSPS) is 10.6. The van der Waals surface area contributed by atoms with Gasteiger partial charge in [0, 0.05) is 16.8 Å². The lowest BCUT2D eigenvalue weighted by atomic mass is 10.1. The van der Waals surface area contributed by atoms with E-state index in [4.69, 9.17) is 38.0 Å². The molecule has 2 N–H and O–H groups in total. The molecule has 0 saturated heterocycles. The van der Waals surface area contributed by atoms with E-state index in [1.165, 1.54) is 21.3 Å². The van der Waals surface area contributed by atoms with Gasteiger partial charge in [-0.3, -0.25) is 10.1 Å². The van der Waals surface area contributed by atoms with Crippen molar-refractivity contribution in [3.05, 3.63) is 65.2 Å². The summed E-state index contributed by atoms with van der Waals surface area (Å²) in [6, 6.07) is 16.4. The van der Waals surface area contributed by atoms with Crippen molar-refractivity contribution in [2.24, 2.45) is 0 Å². The van der Waals surface area contributed by atoms with Gasteiger partial charge in [0.15, 0.2) is 16.6 Å². The molecule has 34 heavy (non-hydrogen) atoms. The van der Waals surface area contributed by atoms with E-state index >= 15 is 0 Å². The van der Waals surface area contributed by atoms with Crippen molar-refractivity contribution in [2.75, 3.05) is 26.6 Å². The standard InChI is InChI=1S/C24H20ClN3O4S2/c1-30-18-10-13(11-19(31-2)21(18)32-3)22(29)28-24(33)26-14-8-9-16(25)15(12-14)23-27-17-6-4-5-7-20(17)34-23/h4-12H,1-3H3,(H2,26,28,29,33). The monoisotopic (exact) mass is 513 g/mol. The Morgan fingerprint density at radius 1 is 1.00 bits per heavy atom. The lowest BCUT2D eigenvalue weighted by Crippen LogP contribution is -2.34. The molecule has 1 aromatic heterocycles. The second-order valence-electron chi connectivity index (χ2n) is 7.00. The van der Waals surface area contributed by atoms with E-state index in [1.54, 1.807) is 35.6 Å². The molecule has 0 atom stereocenters. The summed E-state index contributed by atoms with van der Waals surface area (Å²) in [5.74, 6) is 0.691. The Morgan fingerprint density at radius 2 is 1.71 bits per heavy atom.